The summed E-state index contributed by atoms with van der Waals surface area (Å²) in [6.45, 7) is 2.02. The number of benzene rings is 2. The van der Waals surface area contributed by atoms with Gasteiger partial charge in [-0.15, -0.1) is 0 Å². The Morgan fingerprint density at radius 2 is 1.86 bits per heavy atom. The van der Waals surface area contributed by atoms with Crippen molar-refractivity contribution < 1.29 is 4.79 Å². The van der Waals surface area contributed by atoms with Gasteiger partial charge in [0.15, 0.2) is 0 Å². The highest BCUT2D eigenvalue weighted by Gasteiger charge is 2.04. The van der Waals surface area contributed by atoms with E-state index in [1.165, 1.54) is 0 Å². The smallest absolute Gasteiger partial charge is 0.271 e. The lowest BCUT2D eigenvalue weighted by Gasteiger charge is -2.12. The van der Waals surface area contributed by atoms with E-state index in [1.54, 1.807) is 18.3 Å². The third-order valence-corrected chi connectivity index (χ3v) is 3.07. The first-order chi connectivity index (χ1) is 10.1. The van der Waals surface area contributed by atoms with Crippen molar-refractivity contribution in [2.24, 2.45) is 5.10 Å². The van der Waals surface area contributed by atoms with Gasteiger partial charge in [0.2, 0.25) is 0 Å². The molecule has 0 saturated carbocycles. The Hall–Kier alpha value is -2.62. The van der Waals surface area contributed by atoms with Crippen LogP contribution in [-0.4, -0.2) is 26.2 Å². The molecule has 0 unspecified atom stereocenters. The molecule has 0 aliphatic heterocycles. The van der Waals surface area contributed by atoms with Crippen LogP contribution in [0.4, 0.5) is 5.69 Å². The molecule has 0 atom stereocenters. The normalized spacial score (nSPS) is 10.6. The van der Waals surface area contributed by atoms with E-state index in [9.17, 15) is 4.79 Å². The van der Waals surface area contributed by atoms with Crippen LogP contribution >= 0.6 is 0 Å². The molecule has 0 bridgehead atoms. The molecule has 2 aromatic carbocycles. The number of aryl methyl sites for hydroxylation is 1. The second-order valence-corrected chi connectivity index (χ2v) is 5.05. The van der Waals surface area contributed by atoms with Crippen LogP contribution in [0, 0.1) is 6.92 Å². The van der Waals surface area contributed by atoms with Crippen LogP contribution < -0.4 is 10.3 Å². The molecule has 21 heavy (non-hydrogen) atoms. The van der Waals surface area contributed by atoms with Crippen LogP contribution in [-0.2, 0) is 0 Å². The minimum absolute atomic E-state index is 0.218. The first kappa shape index (κ1) is 14.8. The summed E-state index contributed by atoms with van der Waals surface area (Å²) < 4.78 is 0. The summed E-state index contributed by atoms with van der Waals surface area (Å²) in [5.74, 6) is -0.218. The molecule has 2 rings (SSSR count). The zero-order valence-electron chi connectivity index (χ0n) is 12.5. The second kappa shape index (κ2) is 6.70. The molecular weight excluding hydrogens is 262 g/mol. The molecule has 0 saturated heterocycles. The molecule has 0 aliphatic carbocycles. The van der Waals surface area contributed by atoms with Crippen molar-refractivity contribution in [3.05, 3.63) is 65.2 Å². The van der Waals surface area contributed by atoms with Gasteiger partial charge < -0.3 is 4.90 Å². The molecule has 1 N–H and O–H groups in total. The molecule has 0 heterocycles. The SMILES string of the molecule is Cc1cccc(C=NNC(=O)c2ccc(N(C)C)cc2)c1. The van der Waals surface area contributed by atoms with E-state index in [4.69, 9.17) is 0 Å². The van der Waals surface area contributed by atoms with Crippen molar-refractivity contribution in [3.63, 3.8) is 0 Å². The summed E-state index contributed by atoms with van der Waals surface area (Å²) in [5.41, 5.74) is 6.28. The Morgan fingerprint density at radius 3 is 2.48 bits per heavy atom. The maximum Gasteiger partial charge on any atom is 0.271 e. The fourth-order valence-corrected chi connectivity index (χ4v) is 1.89. The van der Waals surface area contributed by atoms with Gasteiger partial charge >= 0.3 is 0 Å². The van der Waals surface area contributed by atoms with Gasteiger partial charge in [-0.3, -0.25) is 4.79 Å². The van der Waals surface area contributed by atoms with Gasteiger partial charge in [0, 0.05) is 25.3 Å². The molecule has 0 aromatic heterocycles. The summed E-state index contributed by atoms with van der Waals surface area (Å²) >= 11 is 0. The van der Waals surface area contributed by atoms with E-state index in [-0.39, 0.29) is 5.91 Å². The van der Waals surface area contributed by atoms with Crippen molar-refractivity contribution in [2.75, 3.05) is 19.0 Å². The molecule has 2 aromatic rings. The van der Waals surface area contributed by atoms with E-state index in [0.717, 1.165) is 16.8 Å². The number of anilines is 1. The van der Waals surface area contributed by atoms with Crippen molar-refractivity contribution in [3.8, 4) is 0 Å². The number of carbonyl (C=O) groups excluding carboxylic acids is 1. The average molecular weight is 281 g/mol. The number of carbonyl (C=O) groups is 1. The third kappa shape index (κ3) is 4.18. The highest BCUT2D eigenvalue weighted by Crippen LogP contribution is 2.12. The van der Waals surface area contributed by atoms with Gasteiger partial charge in [0.1, 0.15) is 0 Å². The van der Waals surface area contributed by atoms with Crippen molar-refractivity contribution in [1.29, 1.82) is 0 Å². The molecule has 0 aliphatic rings. The standard InChI is InChI=1S/C17H19N3O/c1-13-5-4-6-14(11-13)12-18-19-17(21)15-7-9-16(10-8-15)20(2)3/h4-12H,1-3H3,(H,19,21). The Morgan fingerprint density at radius 1 is 1.14 bits per heavy atom. The van der Waals surface area contributed by atoms with E-state index in [1.807, 2.05) is 62.3 Å². The molecule has 0 spiro atoms. The lowest BCUT2D eigenvalue weighted by atomic mass is 10.2. The Labute approximate surface area is 125 Å². The first-order valence-electron chi connectivity index (χ1n) is 6.74. The van der Waals surface area contributed by atoms with Crippen molar-refractivity contribution in [1.82, 2.24) is 5.43 Å². The lowest BCUT2D eigenvalue weighted by Crippen LogP contribution is -2.17. The first-order valence-corrected chi connectivity index (χ1v) is 6.74. The minimum Gasteiger partial charge on any atom is -0.378 e. The second-order valence-electron chi connectivity index (χ2n) is 5.05. The predicted molar refractivity (Wildman–Crippen MR) is 87.0 cm³/mol. The zero-order chi connectivity index (χ0) is 15.2. The molecule has 108 valence electrons. The molecule has 0 fully saturated rings. The maximum absolute atomic E-state index is 11.9. The summed E-state index contributed by atoms with van der Waals surface area (Å²) in [6, 6.07) is 15.3. The van der Waals surface area contributed by atoms with E-state index in [0.29, 0.717) is 5.56 Å². The molecule has 0 radical (unpaired) electrons. The Kier molecular flexibility index (Phi) is 4.72. The van der Waals surface area contributed by atoms with Gasteiger partial charge in [0.25, 0.3) is 5.91 Å². The van der Waals surface area contributed by atoms with Crippen LogP contribution in [0.1, 0.15) is 21.5 Å². The van der Waals surface area contributed by atoms with Crippen LogP contribution in [0.15, 0.2) is 53.6 Å². The van der Waals surface area contributed by atoms with E-state index in [2.05, 4.69) is 10.5 Å². The highest BCUT2D eigenvalue weighted by atomic mass is 16.2. The van der Waals surface area contributed by atoms with Crippen LogP contribution in [0.5, 0.6) is 0 Å². The quantitative estimate of drug-likeness (QED) is 0.692. The molecule has 1 amide bonds. The highest BCUT2D eigenvalue weighted by molar-refractivity contribution is 5.95. The van der Waals surface area contributed by atoms with Crippen LogP contribution in [0.25, 0.3) is 0 Å². The summed E-state index contributed by atoms with van der Waals surface area (Å²) in [4.78, 5) is 13.9. The van der Waals surface area contributed by atoms with Crippen molar-refractivity contribution >= 4 is 17.8 Å². The number of nitrogens with zero attached hydrogens (tertiary/aromatic N) is 2. The number of hydrazone groups is 1. The number of nitrogens with one attached hydrogen (secondary N) is 1. The number of rotatable bonds is 4. The van der Waals surface area contributed by atoms with Crippen LogP contribution in [0.2, 0.25) is 0 Å². The number of hydrogen-bond acceptors (Lipinski definition) is 3. The average Bonchev–Trinajstić information content (AvgIpc) is 2.47. The van der Waals surface area contributed by atoms with Gasteiger partial charge in [0.05, 0.1) is 6.21 Å². The maximum atomic E-state index is 11.9. The topological polar surface area (TPSA) is 44.7 Å². The number of amides is 1. The van der Waals surface area contributed by atoms with E-state index >= 15 is 0 Å². The predicted octanol–water partition coefficient (Wildman–Crippen LogP) is 2.82. The molecule has 4 heteroatoms. The zero-order valence-corrected chi connectivity index (χ0v) is 12.5. The monoisotopic (exact) mass is 281 g/mol. The summed E-state index contributed by atoms with van der Waals surface area (Å²) in [6.07, 6.45) is 1.64. The minimum atomic E-state index is -0.218. The molecular formula is C17H19N3O. The van der Waals surface area contributed by atoms with Crippen LogP contribution in [0.3, 0.4) is 0 Å². The fourth-order valence-electron chi connectivity index (χ4n) is 1.89. The van der Waals surface area contributed by atoms with Gasteiger partial charge in [-0.25, -0.2) is 5.43 Å². The van der Waals surface area contributed by atoms with E-state index < -0.39 is 0 Å². The Bertz CT molecular complexity index is 645. The molecule has 4 nitrogen and oxygen atoms in total. The van der Waals surface area contributed by atoms with Gasteiger partial charge in [-0.1, -0.05) is 29.8 Å². The fraction of sp³-hybridized carbons (Fsp3) is 0.176. The largest absolute Gasteiger partial charge is 0.378 e. The lowest BCUT2D eigenvalue weighted by molar-refractivity contribution is 0.0955. The summed E-state index contributed by atoms with van der Waals surface area (Å²) in [7, 11) is 3.92. The van der Waals surface area contributed by atoms with Gasteiger partial charge in [-0.05, 0) is 36.8 Å². The van der Waals surface area contributed by atoms with Crippen molar-refractivity contribution in [2.45, 2.75) is 6.92 Å². The number of hydrogen-bond donors (Lipinski definition) is 1. The Balaban J connectivity index is 1.98. The summed E-state index contributed by atoms with van der Waals surface area (Å²) in [5, 5.41) is 3.98. The van der Waals surface area contributed by atoms with Gasteiger partial charge in [-0.2, -0.15) is 5.10 Å². The third-order valence-electron chi connectivity index (χ3n) is 3.07.